The van der Waals surface area contributed by atoms with Gasteiger partial charge in [-0.25, -0.2) is 0 Å². The molecule has 2 aromatic heterocycles. The molecule has 0 unspecified atom stereocenters. The van der Waals surface area contributed by atoms with E-state index in [2.05, 4.69) is 53.2 Å². The molecule has 124 valence electrons. The molecule has 6 heteroatoms. The maximum Gasteiger partial charge on any atom is 0.0597 e. The summed E-state index contributed by atoms with van der Waals surface area (Å²) in [6.45, 7) is 12.3. The van der Waals surface area contributed by atoms with Crippen LogP contribution in [0.1, 0.15) is 44.1 Å². The molecule has 22 heavy (non-hydrogen) atoms. The minimum Gasteiger partial charge on any atom is -0.307 e. The lowest BCUT2D eigenvalue weighted by molar-refractivity contribution is 0.482. The van der Waals surface area contributed by atoms with Crippen molar-refractivity contribution in [2.45, 2.75) is 60.3 Å². The van der Waals surface area contributed by atoms with Gasteiger partial charge in [-0.15, -0.1) is 12.4 Å². The van der Waals surface area contributed by atoms with Crippen molar-refractivity contribution in [3.63, 3.8) is 0 Å². The largest absolute Gasteiger partial charge is 0.307 e. The lowest BCUT2D eigenvalue weighted by Crippen LogP contribution is -2.16. The van der Waals surface area contributed by atoms with E-state index in [9.17, 15) is 0 Å². The van der Waals surface area contributed by atoms with Gasteiger partial charge in [0.1, 0.15) is 0 Å². The van der Waals surface area contributed by atoms with Crippen LogP contribution in [0.4, 0.5) is 0 Å². The molecule has 0 aliphatic rings. The number of hydrogen-bond acceptors (Lipinski definition) is 3. The minimum absolute atomic E-state index is 0. The van der Waals surface area contributed by atoms with Gasteiger partial charge in [0.2, 0.25) is 0 Å². The van der Waals surface area contributed by atoms with Crippen molar-refractivity contribution in [1.82, 2.24) is 24.9 Å². The van der Waals surface area contributed by atoms with Gasteiger partial charge in [-0.1, -0.05) is 20.8 Å². The average Bonchev–Trinajstić information content (AvgIpc) is 2.97. The topological polar surface area (TPSA) is 47.7 Å². The average molecular weight is 326 g/mol. The van der Waals surface area contributed by atoms with E-state index in [0.29, 0.717) is 5.92 Å². The van der Waals surface area contributed by atoms with Gasteiger partial charge >= 0.3 is 0 Å². The Hall–Kier alpha value is -1.33. The summed E-state index contributed by atoms with van der Waals surface area (Å²) in [6, 6.07) is 2.16. The van der Waals surface area contributed by atoms with Crippen molar-refractivity contribution in [3.05, 3.63) is 35.4 Å². The first-order chi connectivity index (χ1) is 10.1. The van der Waals surface area contributed by atoms with E-state index in [1.807, 2.05) is 17.8 Å². The van der Waals surface area contributed by atoms with E-state index in [1.54, 1.807) is 0 Å². The van der Waals surface area contributed by atoms with E-state index in [4.69, 9.17) is 0 Å². The molecule has 0 saturated carbocycles. The van der Waals surface area contributed by atoms with Crippen molar-refractivity contribution in [3.8, 4) is 0 Å². The van der Waals surface area contributed by atoms with Crippen LogP contribution in [0, 0.1) is 12.8 Å². The van der Waals surface area contributed by atoms with E-state index >= 15 is 0 Å². The van der Waals surface area contributed by atoms with Crippen LogP contribution >= 0.6 is 12.4 Å². The Morgan fingerprint density at radius 1 is 1.27 bits per heavy atom. The van der Waals surface area contributed by atoms with Gasteiger partial charge < -0.3 is 5.32 Å². The molecule has 5 nitrogen and oxygen atoms in total. The zero-order valence-corrected chi connectivity index (χ0v) is 14.9. The van der Waals surface area contributed by atoms with Crippen LogP contribution in [0.25, 0.3) is 0 Å². The third-order valence-electron chi connectivity index (χ3n) is 3.30. The Labute approximate surface area is 139 Å². The molecule has 0 bridgehead atoms. The maximum absolute atomic E-state index is 4.52. The first-order valence-electron chi connectivity index (χ1n) is 7.84. The fourth-order valence-electron chi connectivity index (χ4n) is 2.45. The van der Waals surface area contributed by atoms with Crippen LogP contribution in [0.5, 0.6) is 0 Å². The van der Waals surface area contributed by atoms with Crippen LogP contribution in [0.3, 0.4) is 0 Å². The van der Waals surface area contributed by atoms with Crippen LogP contribution in [0.15, 0.2) is 18.5 Å². The molecule has 0 atom stereocenters. The molecule has 0 aliphatic heterocycles. The predicted molar refractivity (Wildman–Crippen MR) is 92.1 cm³/mol. The molecule has 0 amide bonds. The second kappa shape index (κ2) is 8.96. The molecule has 1 N–H and O–H groups in total. The zero-order valence-electron chi connectivity index (χ0n) is 14.0. The van der Waals surface area contributed by atoms with Crippen LogP contribution < -0.4 is 5.32 Å². The molecule has 0 aliphatic carbocycles. The van der Waals surface area contributed by atoms with Crippen LogP contribution in [0.2, 0.25) is 0 Å². The van der Waals surface area contributed by atoms with Gasteiger partial charge in [0.25, 0.3) is 0 Å². The summed E-state index contributed by atoms with van der Waals surface area (Å²) in [5.41, 5.74) is 3.57. The molecule has 2 heterocycles. The Bertz CT molecular complexity index is 559. The van der Waals surface area contributed by atoms with Crippen molar-refractivity contribution < 1.29 is 0 Å². The number of rotatable bonds is 8. The van der Waals surface area contributed by atoms with Gasteiger partial charge in [-0.3, -0.25) is 9.36 Å². The summed E-state index contributed by atoms with van der Waals surface area (Å²) in [6.07, 6.45) is 5.18. The fraction of sp³-hybridized carbons (Fsp3) is 0.625. The number of aromatic nitrogens is 4. The van der Waals surface area contributed by atoms with E-state index in [1.165, 1.54) is 11.3 Å². The standard InChI is InChI=1S/C16H27N5.ClH/c1-5-6-21-16(7-14(4)19-21)10-17-8-15-9-18-20(12-15)11-13(2)3;/h7,9,12-13,17H,5-6,8,10-11H2,1-4H3;1H. The second-order valence-electron chi connectivity index (χ2n) is 6.07. The summed E-state index contributed by atoms with van der Waals surface area (Å²) in [5.74, 6) is 0.622. The smallest absolute Gasteiger partial charge is 0.0597 e. The lowest BCUT2D eigenvalue weighted by atomic mass is 10.2. The van der Waals surface area contributed by atoms with Gasteiger partial charge in [-0.05, 0) is 25.3 Å². The highest BCUT2D eigenvalue weighted by Gasteiger charge is 2.05. The molecule has 0 saturated heterocycles. The molecular weight excluding hydrogens is 298 g/mol. The number of aryl methyl sites for hydroxylation is 2. The van der Waals surface area contributed by atoms with Crippen LogP contribution in [-0.2, 0) is 26.2 Å². The Morgan fingerprint density at radius 2 is 2.05 bits per heavy atom. The highest BCUT2D eigenvalue weighted by Crippen LogP contribution is 2.06. The first kappa shape index (κ1) is 18.7. The summed E-state index contributed by atoms with van der Waals surface area (Å²) < 4.78 is 4.12. The van der Waals surface area contributed by atoms with Crippen molar-refractivity contribution in [1.29, 1.82) is 0 Å². The highest BCUT2D eigenvalue weighted by atomic mass is 35.5. The summed E-state index contributed by atoms with van der Waals surface area (Å²) in [5, 5.41) is 12.4. The molecule has 0 spiro atoms. The highest BCUT2D eigenvalue weighted by molar-refractivity contribution is 5.85. The van der Waals surface area contributed by atoms with Gasteiger partial charge in [0.05, 0.1) is 17.6 Å². The fourth-order valence-corrected chi connectivity index (χ4v) is 2.45. The summed E-state index contributed by atoms with van der Waals surface area (Å²) in [7, 11) is 0. The molecule has 0 radical (unpaired) electrons. The minimum atomic E-state index is 0. The maximum atomic E-state index is 4.52. The third kappa shape index (κ3) is 5.46. The van der Waals surface area contributed by atoms with Gasteiger partial charge in [0.15, 0.2) is 0 Å². The second-order valence-corrected chi connectivity index (χ2v) is 6.07. The Morgan fingerprint density at radius 3 is 2.73 bits per heavy atom. The molecular formula is C16H28ClN5. The monoisotopic (exact) mass is 325 g/mol. The molecule has 2 aromatic rings. The lowest BCUT2D eigenvalue weighted by Gasteiger charge is -2.07. The van der Waals surface area contributed by atoms with E-state index < -0.39 is 0 Å². The summed E-state index contributed by atoms with van der Waals surface area (Å²) >= 11 is 0. The quantitative estimate of drug-likeness (QED) is 0.811. The number of nitrogens with zero attached hydrogens (tertiary/aromatic N) is 4. The van der Waals surface area contributed by atoms with Crippen molar-refractivity contribution >= 4 is 12.4 Å². The normalized spacial score (nSPS) is 11.0. The third-order valence-corrected chi connectivity index (χ3v) is 3.30. The van der Waals surface area contributed by atoms with Gasteiger partial charge in [0, 0.05) is 37.9 Å². The van der Waals surface area contributed by atoms with E-state index in [-0.39, 0.29) is 12.4 Å². The molecule has 2 rings (SSSR count). The zero-order chi connectivity index (χ0) is 15.2. The number of hydrogen-bond donors (Lipinski definition) is 1. The SMILES string of the molecule is CCCn1nc(C)cc1CNCc1cnn(CC(C)C)c1.Cl. The molecule has 0 aromatic carbocycles. The molecule has 0 fully saturated rings. The van der Waals surface area contributed by atoms with Gasteiger partial charge in [-0.2, -0.15) is 10.2 Å². The predicted octanol–water partition coefficient (Wildman–Crippen LogP) is 3.17. The first-order valence-corrected chi connectivity index (χ1v) is 7.84. The summed E-state index contributed by atoms with van der Waals surface area (Å²) in [4.78, 5) is 0. The number of nitrogens with one attached hydrogen (secondary N) is 1. The Kier molecular flexibility index (Phi) is 7.62. The van der Waals surface area contributed by atoms with E-state index in [0.717, 1.165) is 38.3 Å². The Balaban J connectivity index is 0.00000242. The van der Waals surface area contributed by atoms with Crippen molar-refractivity contribution in [2.24, 2.45) is 5.92 Å². The van der Waals surface area contributed by atoms with Crippen molar-refractivity contribution in [2.75, 3.05) is 0 Å². The van der Waals surface area contributed by atoms with Crippen LogP contribution in [-0.4, -0.2) is 19.6 Å². The number of halogens is 1.